The highest BCUT2D eigenvalue weighted by atomic mass is 17.1. The summed E-state index contributed by atoms with van der Waals surface area (Å²) < 4.78 is 0. The fourth-order valence-electron chi connectivity index (χ4n) is 3.67. The van der Waals surface area contributed by atoms with Gasteiger partial charge in [-0.3, -0.25) is 5.26 Å². The molecule has 0 spiro atoms. The first-order chi connectivity index (χ1) is 8.06. The van der Waals surface area contributed by atoms with Crippen molar-refractivity contribution in [2.24, 2.45) is 29.6 Å². The van der Waals surface area contributed by atoms with E-state index in [4.69, 9.17) is 4.89 Å². The van der Waals surface area contributed by atoms with Crippen LogP contribution in [-0.2, 0) is 4.89 Å². The molecule has 2 aliphatic rings. The summed E-state index contributed by atoms with van der Waals surface area (Å²) >= 11 is 0. The van der Waals surface area contributed by atoms with E-state index >= 15 is 0 Å². The Balaban J connectivity index is 2.32. The van der Waals surface area contributed by atoms with Crippen molar-refractivity contribution in [3.05, 3.63) is 24.3 Å². The molecule has 0 heterocycles. The van der Waals surface area contributed by atoms with Crippen LogP contribution in [0.3, 0.4) is 0 Å². The van der Waals surface area contributed by atoms with Crippen molar-refractivity contribution in [2.75, 3.05) is 0 Å². The molecule has 5 atom stereocenters. The van der Waals surface area contributed by atoms with Gasteiger partial charge in [0.05, 0.1) is 0 Å². The van der Waals surface area contributed by atoms with Crippen LogP contribution in [0.25, 0.3) is 0 Å². The highest BCUT2D eigenvalue weighted by molar-refractivity contribution is 5.17. The Morgan fingerprint density at radius 3 is 2.71 bits per heavy atom. The molecule has 0 aromatic carbocycles. The Hall–Kier alpha value is -0.600. The normalized spacial score (nSPS) is 41.7. The van der Waals surface area contributed by atoms with Crippen molar-refractivity contribution >= 4 is 0 Å². The van der Waals surface area contributed by atoms with E-state index in [2.05, 4.69) is 39.5 Å². The van der Waals surface area contributed by atoms with E-state index < -0.39 is 0 Å². The van der Waals surface area contributed by atoms with Gasteiger partial charge in [-0.15, -0.1) is 0 Å². The van der Waals surface area contributed by atoms with Gasteiger partial charge in [-0.25, -0.2) is 4.89 Å². The summed E-state index contributed by atoms with van der Waals surface area (Å²) in [6, 6.07) is 0. The first-order valence-electron chi connectivity index (χ1n) is 6.72. The van der Waals surface area contributed by atoms with Crippen molar-refractivity contribution in [3.8, 4) is 0 Å². The van der Waals surface area contributed by atoms with E-state index in [1.165, 1.54) is 6.42 Å². The number of rotatable bonds is 2. The zero-order valence-electron chi connectivity index (χ0n) is 11.1. The third-order valence-electron chi connectivity index (χ3n) is 4.69. The van der Waals surface area contributed by atoms with Crippen LogP contribution in [0.5, 0.6) is 0 Å². The highest BCUT2D eigenvalue weighted by Gasteiger charge is 2.44. The van der Waals surface area contributed by atoms with Crippen molar-refractivity contribution in [3.63, 3.8) is 0 Å². The maximum absolute atomic E-state index is 9.20. The standard InChI is InChI=1S/C15H24O2/c1-9(2)12-7-5-10(3)13-8-6-11(4)15(17-16)14(12)13/h5,7,9-10,12-16H,4,6,8H2,1-3H3. The van der Waals surface area contributed by atoms with Crippen LogP contribution < -0.4 is 0 Å². The molecule has 0 aliphatic heterocycles. The minimum absolute atomic E-state index is 0.173. The molecule has 0 radical (unpaired) electrons. The zero-order valence-corrected chi connectivity index (χ0v) is 11.1. The molecule has 0 aromatic rings. The molecule has 96 valence electrons. The highest BCUT2D eigenvalue weighted by Crippen LogP contribution is 2.48. The summed E-state index contributed by atoms with van der Waals surface area (Å²) in [6.07, 6.45) is 6.65. The fraction of sp³-hybridized carbons (Fsp3) is 0.733. The van der Waals surface area contributed by atoms with Gasteiger partial charge in [-0.1, -0.05) is 39.5 Å². The van der Waals surface area contributed by atoms with E-state index in [1.807, 2.05) is 0 Å². The minimum Gasteiger partial charge on any atom is -0.251 e. The lowest BCUT2D eigenvalue weighted by Crippen LogP contribution is -2.45. The second-order valence-electron chi connectivity index (χ2n) is 6.03. The van der Waals surface area contributed by atoms with Crippen LogP contribution in [0.1, 0.15) is 33.6 Å². The predicted octanol–water partition coefficient (Wildman–Crippen LogP) is 3.91. The largest absolute Gasteiger partial charge is 0.251 e. The summed E-state index contributed by atoms with van der Waals surface area (Å²) in [4.78, 5) is 4.77. The molecule has 1 fully saturated rings. The van der Waals surface area contributed by atoms with Crippen molar-refractivity contribution in [1.29, 1.82) is 0 Å². The molecule has 0 bridgehead atoms. The molecule has 5 unspecified atom stereocenters. The molecule has 0 aromatic heterocycles. The topological polar surface area (TPSA) is 29.5 Å². The predicted molar refractivity (Wildman–Crippen MR) is 69.5 cm³/mol. The molecule has 2 aliphatic carbocycles. The molecule has 1 saturated carbocycles. The summed E-state index contributed by atoms with van der Waals surface area (Å²) in [5, 5.41) is 9.20. The lowest BCUT2D eigenvalue weighted by Gasteiger charge is -2.47. The fourth-order valence-corrected chi connectivity index (χ4v) is 3.67. The van der Waals surface area contributed by atoms with Gasteiger partial charge in [-0.05, 0) is 42.1 Å². The van der Waals surface area contributed by atoms with Gasteiger partial charge in [0.1, 0.15) is 6.10 Å². The van der Waals surface area contributed by atoms with Crippen molar-refractivity contribution < 1.29 is 10.1 Å². The zero-order chi connectivity index (χ0) is 12.6. The van der Waals surface area contributed by atoms with Gasteiger partial charge >= 0.3 is 0 Å². The molecular formula is C15H24O2. The van der Waals surface area contributed by atoms with E-state index in [-0.39, 0.29) is 6.10 Å². The second kappa shape index (κ2) is 4.95. The molecule has 1 N–H and O–H groups in total. The number of hydrogen-bond donors (Lipinski definition) is 1. The van der Waals surface area contributed by atoms with E-state index in [0.717, 1.165) is 12.0 Å². The molecule has 0 amide bonds. The van der Waals surface area contributed by atoms with Gasteiger partial charge in [0, 0.05) is 5.92 Å². The molecule has 2 nitrogen and oxygen atoms in total. The summed E-state index contributed by atoms with van der Waals surface area (Å²) in [7, 11) is 0. The molecule has 2 heteroatoms. The number of allylic oxidation sites excluding steroid dienone is 2. The third-order valence-corrected chi connectivity index (χ3v) is 4.69. The lowest BCUT2D eigenvalue weighted by atomic mass is 9.60. The van der Waals surface area contributed by atoms with Crippen LogP contribution in [0.4, 0.5) is 0 Å². The molecule has 0 saturated heterocycles. The average molecular weight is 236 g/mol. The van der Waals surface area contributed by atoms with E-state index in [1.54, 1.807) is 0 Å². The van der Waals surface area contributed by atoms with Crippen molar-refractivity contribution in [1.82, 2.24) is 0 Å². The van der Waals surface area contributed by atoms with E-state index in [0.29, 0.717) is 29.6 Å². The Bertz CT molecular complexity index is 319. The minimum atomic E-state index is -0.173. The third kappa shape index (κ3) is 2.21. The smallest absolute Gasteiger partial charge is 0.117 e. The number of hydrogen-bond acceptors (Lipinski definition) is 2. The number of fused-ring (bicyclic) bond motifs is 1. The monoisotopic (exact) mass is 236 g/mol. The van der Waals surface area contributed by atoms with E-state index in [9.17, 15) is 5.26 Å². The van der Waals surface area contributed by atoms with Crippen LogP contribution in [0.15, 0.2) is 24.3 Å². The van der Waals surface area contributed by atoms with Gasteiger partial charge in [0.25, 0.3) is 0 Å². The maximum Gasteiger partial charge on any atom is 0.117 e. The Morgan fingerprint density at radius 1 is 1.41 bits per heavy atom. The first kappa shape index (κ1) is 12.8. The van der Waals surface area contributed by atoms with Gasteiger partial charge in [0.15, 0.2) is 0 Å². The first-order valence-corrected chi connectivity index (χ1v) is 6.72. The average Bonchev–Trinajstić information content (AvgIpc) is 2.28. The lowest BCUT2D eigenvalue weighted by molar-refractivity contribution is -0.291. The Kier molecular flexibility index (Phi) is 3.74. The van der Waals surface area contributed by atoms with Crippen LogP contribution in [-0.4, -0.2) is 11.4 Å². The quantitative estimate of drug-likeness (QED) is 0.447. The molecule has 17 heavy (non-hydrogen) atoms. The van der Waals surface area contributed by atoms with Crippen LogP contribution in [0, 0.1) is 29.6 Å². The van der Waals surface area contributed by atoms with Crippen molar-refractivity contribution in [2.45, 2.75) is 39.7 Å². The maximum atomic E-state index is 9.20. The summed E-state index contributed by atoms with van der Waals surface area (Å²) in [6.45, 7) is 10.8. The Morgan fingerprint density at radius 2 is 2.12 bits per heavy atom. The molecule has 2 rings (SSSR count). The summed E-state index contributed by atoms with van der Waals surface area (Å²) in [5.74, 6) is 2.66. The summed E-state index contributed by atoms with van der Waals surface area (Å²) in [5.41, 5.74) is 1.06. The second-order valence-corrected chi connectivity index (χ2v) is 6.03. The Labute approximate surface area is 104 Å². The van der Waals surface area contributed by atoms with Crippen LogP contribution in [0.2, 0.25) is 0 Å². The van der Waals surface area contributed by atoms with Gasteiger partial charge < -0.3 is 0 Å². The molecular weight excluding hydrogens is 212 g/mol. The van der Waals surface area contributed by atoms with Crippen LogP contribution >= 0.6 is 0 Å². The van der Waals surface area contributed by atoms with Gasteiger partial charge in [0.2, 0.25) is 0 Å². The SMILES string of the molecule is C=C1CCC2C(C)C=CC(C(C)C)C2C1OO. The van der Waals surface area contributed by atoms with Gasteiger partial charge in [-0.2, -0.15) is 0 Å².